The van der Waals surface area contributed by atoms with E-state index in [1.165, 1.54) is 7.11 Å². The Morgan fingerprint density at radius 3 is 1.69 bits per heavy atom. The summed E-state index contributed by atoms with van der Waals surface area (Å²) in [6.45, 7) is 1.86. The third kappa shape index (κ3) is 8.36. The molecule has 0 unspecified atom stereocenters. The van der Waals surface area contributed by atoms with E-state index in [0.717, 1.165) is 35.1 Å². The fraction of sp³-hybridized carbons (Fsp3) is 0.286. The molecule has 42 heavy (non-hydrogen) atoms. The maximum absolute atomic E-state index is 11.4. The summed E-state index contributed by atoms with van der Waals surface area (Å²) in [6.07, 6.45) is 2.42. The lowest BCUT2D eigenvalue weighted by Crippen LogP contribution is -2.33. The van der Waals surface area contributed by atoms with Gasteiger partial charge in [0.05, 0.1) is 23.8 Å². The second-order valence-corrected chi connectivity index (χ2v) is 10.6. The number of esters is 1. The second-order valence-electron chi connectivity index (χ2n) is 9.76. The highest BCUT2D eigenvalue weighted by atomic mass is 35.5. The zero-order chi connectivity index (χ0) is 29.6. The van der Waals surface area contributed by atoms with Gasteiger partial charge in [-0.2, -0.15) is 0 Å². The molecule has 0 atom stereocenters. The van der Waals surface area contributed by atoms with E-state index in [4.69, 9.17) is 37.4 Å². The van der Waals surface area contributed by atoms with Crippen molar-refractivity contribution in [1.82, 2.24) is 0 Å². The van der Waals surface area contributed by atoms with Crippen molar-refractivity contribution >= 4 is 29.2 Å². The summed E-state index contributed by atoms with van der Waals surface area (Å²) < 4.78 is 23.1. The van der Waals surface area contributed by atoms with Crippen molar-refractivity contribution in [1.29, 1.82) is 0 Å². The molecule has 0 saturated carbocycles. The fourth-order valence-corrected chi connectivity index (χ4v) is 5.49. The standard InChI is InChI=1S/C35H36Cl2O5/c1-39-33(38)20-19-27-25-31(36)34(32(37)26-27)41-24-23-40-21-11-12-22-42-35(28-13-5-2-6-14-28,29-15-7-3-8-16-29)30-17-9-4-10-18-30/h2-10,13-18,25-26H,11-12,19-24H2,1H3. The zero-order valence-corrected chi connectivity index (χ0v) is 25.3. The van der Waals surface area contributed by atoms with Crippen LogP contribution in [-0.4, -0.2) is 39.5 Å². The average Bonchev–Trinajstić information content (AvgIpc) is 3.03. The van der Waals surface area contributed by atoms with Crippen LogP contribution in [0.5, 0.6) is 5.75 Å². The molecule has 0 N–H and O–H groups in total. The van der Waals surface area contributed by atoms with Crippen LogP contribution in [0.2, 0.25) is 10.0 Å². The van der Waals surface area contributed by atoms with Crippen molar-refractivity contribution in [3.05, 3.63) is 135 Å². The monoisotopic (exact) mass is 606 g/mol. The van der Waals surface area contributed by atoms with Gasteiger partial charge in [-0.05, 0) is 53.6 Å². The van der Waals surface area contributed by atoms with E-state index in [1.54, 1.807) is 12.1 Å². The molecule has 0 fully saturated rings. The molecule has 0 aromatic heterocycles. The van der Waals surface area contributed by atoms with Gasteiger partial charge < -0.3 is 18.9 Å². The van der Waals surface area contributed by atoms with E-state index in [-0.39, 0.29) is 12.4 Å². The van der Waals surface area contributed by atoms with Gasteiger partial charge in [-0.3, -0.25) is 4.79 Å². The van der Waals surface area contributed by atoms with Gasteiger partial charge in [0.2, 0.25) is 0 Å². The molecule has 4 rings (SSSR count). The van der Waals surface area contributed by atoms with Crippen LogP contribution in [0.3, 0.4) is 0 Å². The molecule has 0 spiro atoms. The Labute approximate surface area is 258 Å². The van der Waals surface area contributed by atoms with Crippen LogP contribution < -0.4 is 4.74 Å². The normalized spacial score (nSPS) is 11.3. The lowest BCUT2D eigenvalue weighted by Gasteiger charge is -2.36. The molecule has 4 aromatic rings. The summed E-state index contributed by atoms with van der Waals surface area (Å²) in [5.74, 6) is 0.130. The number of carbonyl (C=O) groups is 1. The number of methoxy groups -OCH3 is 1. The molecule has 0 bridgehead atoms. The number of halogens is 2. The number of carbonyl (C=O) groups excluding carboxylic acids is 1. The first kappa shape index (κ1) is 31.6. The van der Waals surface area contributed by atoms with Gasteiger partial charge in [0.1, 0.15) is 12.2 Å². The maximum Gasteiger partial charge on any atom is 0.305 e. The average molecular weight is 608 g/mol. The Bertz CT molecular complexity index is 1260. The van der Waals surface area contributed by atoms with Crippen molar-refractivity contribution < 1.29 is 23.7 Å². The highest BCUT2D eigenvalue weighted by Gasteiger charge is 2.37. The quantitative estimate of drug-likeness (QED) is 0.0729. The summed E-state index contributed by atoms with van der Waals surface area (Å²) in [6, 6.07) is 34.6. The summed E-state index contributed by atoms with van der Waals surface area (Å²) in [4.78, 5) is 11.4. The van der Waals surface area contributed by atoms with Gasteiger partial charge in [0, 0.05) is 19.6 Å². The van der Waals surface area contributed by atoms with Crippen LogP contribution in [0.25, 0.3) is 0 Å². The van der Waals surface area contributed by atoms with Gasteiger partial charge >= 0.3 is 5.97 Å². The first-order valence-electron chi connectivity index (χ1n) is 14.1. The molecule has 0 radical (unpaired) electrons. The summed E-state index contributed by atoms with van der Waals surface area (Å²) in [5.41, 5.74) is 3.39. The van der Waals surface area contributed by atoms with Crippen LogP contribution in [0.15, 0.2) is 103 Å². The molecule has 0 aliphatic rings. The zero-order valence-electron chi connectivity index (χ0n) is 23.8. The van der Waals surface area contributed by atoms with Crippen molar-refractivity contribution in [3.63, 3.8) is 0 Å². The highest BCUT2D eigenvalue weighted by molar-refractivity contribution is 6.37. The van der Waals surface area contributed by atoms with Crippen molar-refractivity contribution in [2.45, 2.75) is 31.3 Å². The van der Waals surface area contributed by atoms with Crippen molar-refractivity contribution in [3.8, 4) is 5.75 Å². The maximum atomic E-state index is 11.4. The van der Waals surface area contributed by atoms with Gasteiger partial charge in [-0.15, -0.1) is 0 Å². The summed E-state index contributed by atoms with van der Waals surface area (Å²) in [7, 11) is 1.36. The SMILES string of the molecule is COC(=O)CCc1cc(Cl)c(OCCOCCCCOC(c2ccccc2)(c2ccccc2)c2ccccc2)c(Cl)c1. The predicted molar refractivity (Wildman–Crippen MR) is 168 cm³/mol. The lowest BCUT2D eigenvalue weighted by molar-refractivity contribution is -0.140. The van der Waals surface area contributed by atoms with E-state index >= 15 is 0 Å². The highest BCUT2D eigenvalue weighted by Crippen LogP contribution is 2.40. The smallest absolute Gasteiger partial charge is 0.305 e. The van der Waals surface area contributed by atoms with Crippen LogP contribution >= 0.6 is 23.2 Å². The molecule has 4 aromatic carbocycles. The third-order valence-corrected chi connectivity index (χ3v) is 7.48. The summed E-state index contributed by atoms with van der Waals surface area (Å²) >= 11 is 12.7. The number of rotatable bonds is 16. The topological polar surface area (TPSA) is 54.0 Å². The number of hydrogen-bond acceptors (Lipinski definition) is 5. The second kappa shape index (κ2) is 16.3. The molecular weight excluding hydrogens is 571 g/mol. The Balaban J connectivity index is 1.27. The predicted octanol–water partition coefficient (Wildman–Crippen LogP) is 8.28. The molecule has 5 nitrogen and oxygen atoms in total. The number of ether oxygens (including phenoxy) is 4. The molecule has 0 aliphatic heterocycles. The van der Waals surface area contributed by atoms with E-state index in [0.29, 0.717) is 48.6 Å². The first-order valence-corrected chi connectivity index (χ1v) is 14.9. The molecule has 0 saturated heterocycles. The van der Waals surface area contributed by atoms with E-state index in [2.05, 4.69) is 77.5 Å². The minimum absolute atomic E-state index is 0.258. The molecule has 7 heteroatoms. The molecule has 0 amide bonds. The first-order chi connectivity index (χ1) is 20.5. The molecule has 220 valence electrons. The van der Waals surface area contributed by atoms with Crippen LogP contribution in [-0.2, 0) is 31.0 Å². The van der Waals surface area contributed by atoms with E-state index < -0.39 is 5.60 Å². The minimum Gasteiger partial charge on any atom is -0.488 e. The van der Waals surface area contributed by atoms with Crippen LogP contribution in [0.4, 0.5) is 0 Å². The van der Waals surface area contributed by atoms with Crippen molar-refractivity contribution in [2.75, 3.05) is 33.5 Å². The third-order valence-electron chi connectivity index (χ3n) is 6.92. The van der Waals surface area contributed by atoms with Gasteiger partial charge in [-0.1, -0.05) is 114 Å². The molecular formula is C35H36Cl2O5. The number of benzene rings is 4. The Kier molecular flexibility index (Phi) is 12.3. The minimum atomic E-state index is -0.716. The largest absolute Gasteiger partial charge is 0.488 e. The Hall–Kier alpha value is -3.35. The fourth-order valence-electron chi connectivity index (χ4n) is 4.85. The van der Waals surface area contributed by atoms with Crippen LogP contribution in [0.1, 0.15) is 41.5 Å². The molecule has 0 heterocycles. The summed E-state index contributed by atoms with van der Waals surface area (Å²) in [5, 5.41) is 0.802. The van der Waals surface area contributed by atoms with Gasteiger partial charge in [-0.25, -0.2) is 0 Å². The number of aryl methyl sites for hydroxylation is 1. The van der Waals surface area contributed by atoms with E-state index in [1.807, 2.05) is 18.2 Å². The Morgan fingerprint density at radius 2 is 1.19 bits per heavy atom. The van der Waals surface area contributed by atoms with Gasteiger partial charge in [0.15, 0.2) is 5.75 Å². The number of unbranched alkanes of at least 4 members (excludes halogenated alkanes) is 1. The van der Waals surface area contributed by atoms with Gasteiger partial charge in [0.25, 0.3) is 0 Å². The van der Waals surface area contributed by atoms with E-state index in [9.17, 15) is 4.79 Å². The van der Waals surface area contributed by atoms with Crippen LogP contribution in [0, 0.1) is 0 Å². The Morgan fingerprint density at radius 1 is 0.690 bits per heavy atom. The van der Waals surface area contributed by atoms with Crippen molar-refractivity contribution in [2.24, 2.45) is 0 Å². The lowest BCUT2D eigenvalue weighted by atomic mass is 9.80. The number of hydrogen-bond donors (Lipinski definition) is 0. The molecule has 0 aliphatic carbocycles.